The Hall–Kier alpha value is -1.26. The van der Waals surface area contributed by atoms with Crippen LogP contribution >= 0.6 is 12.4 Å². The monoisotopic (exact) mass is 367 g/mol. The normalized spacial score (nSPS) is 22.9. The maximum atomic E-state index is 12.2. The van der Waals surface area contributed by atoms with Gasteiger partial charge in [-0.05, 0) is 71.3 Å². The molecule has 0 spiro atoms. The first-order valence-corrected chi connectivity index (χ1v) is 9.13. The fourth-order valence-corrected chi connectivity index (χ4v) is 3.72. The minimum Gasteiger partial charge on any atom is -0.492 e. The fraction of sp³-hybridized carbons (Fsp3) is 0.650. The Balaban J connectivity index is 0.00000225. The van der Waals surface area contributed by atoms with Crippen LogP contribution in [0.1, 0.15) is 58.4 Å². The van der Waals surface area contributed by atoms with Crippen LogP contribution in [0.3, 0.4) is 0 Å². The predicted octanol–water partition coefficient (Wildman–Crippen LogP) is 4.41. The first kappa shape index (κ1) is 20.1. The molecule has 0 unspecified atom stereocenters. The standard InChI is InChI=1S/C20H29NO3.ClH/c1-5-10-21-11-6-7-15-16-12-14(24-19(22)20(2,3)4)8-9-18(16)23-13-17(15)21;/h8-9,12,15,17H,5-7,10-11,13H2,1-4H3;1H/t15-,17-;/m1./s1. The number of rotatable bonds is 3. The summed E-state index contributed by atoms with van der Waals surface area (Å²) in [4.78, 5) is 14.7. The van der Waals surface area contributed by atoms with E-state index in [0.29, 0.717) is 17.7 Å². The van der Waals surface area contributed by atoms with Gasteiger partial charge in [0.1, 0.15) is 18.1 Å². The molecule has 2 aliphatic heterocycles. The highest BCUT2D eigenvalue weighted by molar-refractivity contribution is 5.85. The lowest BCUT2D eigenvalue weighted by molar-refractivity contribution is -0.143. The number of likely N-dealkylation sites (tertiary alicyclic amines) is 1. The van der Waals surface area contributed by atoms with Crippen molar-refractivity contribution >= 4 is 18.4 Å². The third-order valence-electron chi connectivity index (χ3n) is 5.02. The molecule has 0 aromatic heterocycles. The summed E-state index contributed by atoms with van der Waals surface area (Å²) in [5, 5.41) is 0. The van der Waals surface area contributed by atoms with Gasteiger partial charge in [-0.25, -0.2) is 0 Å². The minimum absolute atomic E-state index is 0. The number of hydrogen-bond acceptors (Lipinski definition) is 4. The van der Waals surface area contributed by atoms with Gasteiger partial charge in [-0.15, -0.1) is 12.4 Å². The number of nitrogens with zero attached hydrogens (tertiary/aromatic N) is 1. The lowest BCUT2D eigenvalue weighted by Gasteiger charge is -2.44. The molecule has 140 valence electrons. The molecule has 3 rings (SSSR count). The van der Waals surface area contributed by atoms with Crippen molar-refractivity contribution in [2.75, 3.05) is 19.7 Å². The largest absolute Gasteiger partial charge is 0.492 e. The van der Waals surface area contributed by atoms with Gasteiger partial charge in [0.15, 0.2) is 0 Å². The van der Waals surface area contributed by atoms with Gasteiger partial charge in [0, 0.05) is 11.5 Å². The SMILES string of the molecule is CCCN1CCC[C@@H]2c3cc(OC(=O)C(C)(C)C)ccc3OC[C@H]21.Cl. The van der Waals surface area contributed by atoms with Crippen LogP contribution < -0.4 is 9.47 Å². The lowest BCUT2D eigenvalue weighted by Crippen LogP contribution is -2.49. The smallest absolute Gasteiger partial charge is 0.316 e. The number of benzene rings is 1. The van der Waals surface area contributed by atoms with E-state index in [1.165, 1.54) is 24.8 Å². The van der Waals surface area contributed by atoms with Gasteiger partial charge in [-0.3, -0.25) is 9.69 Å². The van der Waals surface area contributed by atoms with Gasteiger partial charge in [0.2, 0.25) is 0 Å². The molecule has 1 aromatic rings. The average Bonchev–Trinajstić information content (AvgIpc) is 2.54. The van der Waals surface area contributed by atoms with Crippen LogP contribution in [0.2, 0.25) is 0 Å². The van der Waals surface area contributed by atoms with Crippen molar-refractivity contribution in [1.82, 2.24) is 4.90 Å². The van der Waals surface area contributed by atoms with Crippen molar-refractivity contribution in [2.24, 2.45) is 5.41 Å². The zero-order valence-corrected chi connectivity index (χ0v) is 16.5. The number of carbonyl (C=O) groups excluding carboxylic acids is 1. The number of piperidine rings is 1. The van der Waals surface area contributed by atoms with E-state index >= 15 is 0 Å². The van der Waals surface area contributed by atoms with Crippen molar-refractivity contribution < 1.29 is 14.3 Å². The second-order valence-electron chi connectivity index (χ2n) is 8.00. The summed E-state index contributed by atoms with van der Waals surface area (Å²) in [6, 6.07) is 6.26. The Kier molecular flexibility index (Phi) is 6.39. The van der Waals surface area contributed by atoms with E-state index in [1.54, 1.807) is 0 Å². The molecular formula is C20H30ClNO3. The highest BCUT2D eigenvalue weighted by atomic mass is 35.5. The summed E-state index contributed by atoms with van der Waals surface area (Å²) in [5.41, 5.74) is 0.698. The second-order valence-corrected chi connectivity index (χ2v) is 8.00. The van der Waals surface area contributed by atoms with Crippen LogP contribution in [0.4, 0.5) is 0 Å². The number of carbonyl (C=O) groups is 1. The first-order valence-electron chi connectivity index (χ1n) is 9.13. The molecule has 0 saturated carbocycles. The summed E-state index contributed by atoms with van der Waals surface area (Å²) in [6.07, 6.45) is 3.56. The van der Waals surface area contributed by atoms with Gasteiger partial charge in [-0.1, -0.05) is 6.92 Å². The van der Waals surface area contributed by atoms with Crippen molar-refractivity contribution in [3.05, 3.63) is 23.8 Å². The number of fused-ring (bicyclic) bond motifs is 3. The van der Waals surface area contributed by atoms with Crippen molar-refractivity contribution in [3.8, 4) is 11.5 Å². The van der Waals surface area contributed by atoms with Crippen LogP contribution in [0.25, 0.3) is 0 Å². The molecule has 0 radical (unpaired) electrons. The molecule has 4 nitrogen and oxygen atoms in total. The number of ether oxygens (including phenoxy) is 2. The Morgan fingerprint density at radius 3 is 2.80 bits per heavy atom. The Morgan fingerprint density at radius 2 is 2.12 bits per heavy atom. The molecular weight excluding hydrogens is 338 g/mol. The van der Waals surface area contributed by atoms with E-state index in [-0.39, 0.29) is 18.4 Å². The molecule has 0 bridgehead atoms. The van der Waals surface area contributed by atoms with Gasteiger partial charge in [0.05, 0.1) is 11.5 Å². The quantitative estimate of drug-likeness (QED) is 0.586. The Bertz CT molecular complexity index is 609. The Morgan fingerprint density at radius 1 is 1.36 bits per heavy atom. The van der Waals surface area contributed by atoms with Gasteiger partial charge >= 0.3 is 5.97 Å². The summed E-state index contributed by atoms with van der Waals surface area (Å²) in [7, 11) is 0. The topological polar surface area (TPSA) is 38.8 Å². The molecule has 0 N–H and O–H groups in total. The molecule has 5 heteroatoms. The summed E-state index contributed by atoms with van der Waals surface area (Å²) in [6.45, 7) is 10.9. The van der Waals surface area contributed by atoms with E-state index in [2.05, 4.69) is 11.8 Å². The third-order valence-corrected chi connectivity index (χ3v) is 5.02. The lowest BCUT2D eigenvalue weighted by atomic mass is 9.81. The van der Waals surface area contributed by atoms with Gasteiger partial charge in [0.25, 0.3) is 0 Å². The molecule has 1 saturated heterocycles. The van der Waals surface area contributed by atoms with E-state index in [9.17, 15) is 4.79 Å². The molecule has 1 aromatic carbocycles. The molecule has 2 aliphatic rings. The molecule has 2 heterocycles. The van der Waals surface area contributed by atoms with Crippen LogP contribution in [0.15, 0.2) is 18.2 Å². The highest BCUT2D eigenvalue weighted by Crippen LogP contribution is 2.42. The van der Waals surface area contributed by atoms with E-state index in [0.717, 1.165) is 25.4 Å². The average molecular weight is 368 g/mol. The minimum atomic E-state index is -0.502. The van der Waals surface area contributed by atoms with Gasteiger partial charge < -0.3 is 9.47 Å². The summed E-state index contributed by atoms with van der Waals surface area (Å²) >= 11 is 0. The zero-order valence-electron chi connectivity index (χ0n) is 15.7. The van der Waals surface area contributed by atoms with Crippen LogP contribution in [0, 0.1) is 5.41 Å². The third kappa shape index (κ3) is 4.29. The Labute approximate surface area is 157 Å². The van der Waals surface area contributed by atoms with Crippen molar-refractivity contribution in [3.63, 3.8) is 0 Å². The van der Waals surface area contributed by atoms with Crippen LogP contribution in [-0.4, -0.2) is 36.6 Å². The second kappa shape index (κ2) is 7.96. The number of hydrogen-bond donors (Lipinski definition) is 0. The highest BCUT2D eigenvalue weighted by Gasteiger charge is 2.37. The maximum absolute atomic E-state index is 12.2. The summed E-state index contributed by atoms with van der Waals surface area (Å²) in [5.74, 6) is 1.85. The molecule has 0 amide bonds. The number of halogens is 1. The van der Waals surface area contributed by atoms with Gasteiger partial charge in [-0.2, -0.15) is 0 Å². The maximum Gasteiger partial charge on any atom is 0.316 e. The van der Waals surface area contributed by atoms with E-state index in [1.807, 2.05) is 39.0 Å². The predicted molar refractivity (Wildman–Crippen MR) is 102 cm³/mol. The summed E-state index contributed by atoms with van der Waals surface area (Å²) < 4.78 is 11.6. The fourth-order valence-electron chi connectivity index (χ4n) is 3.72. The molecule has 1 fully saturated rings. The first-order chi connectivity index (χ1) is 11.4. The molecule has 2 atom stereocenters. The van der Waals surface area contributed by atoms with Crippen molar-refractivity contribution in [2.45, 2.75) is 58.9 Å². The van der Waals surface area contributed by atoms with Crippen molar-refractivity contribution in [1.29, 1.82) is 0 Å². The van der Waals surface area contributed by atoms with E-state index < -0.39 is 5.41 Å². The van der Waals surface area contributed by atoms with E-state index in [4.69, 9.17) is 9.47 Å². The van der Waals surface area contributed by atoms with Crippen LogP contribution in [0.5, 0.6) is 11.5 Å². The van der Waals surface area contributed by atoms with Crippen LogP contribution in [-0.2, 0) is 4.79 Å². The molecule has 25 heavy (non-hydrogen) atoms. The zero-order chi connectivity index (χ0) is 17.3. The molecule has 0 aliphatic carbocycles. The number of esters is 1.